The van der Waals surface area contributed by atoms with Gasteiger partial charge in [0.15, 0.2) is 11.6 Å². The average Bonchev–Trinajstić information content (AvgIpc) is 3.60. The molecule has 6 nitrogen and oxygen atoms in total. The van der Waals surface area contributed by atoms with Crippen molar-refractivity contribution >= 4 is 15.9 Å². The van der Waals surface area contributed by atoms with Crippen molar-refractivity contribution in [2.45, 2.75) is 75.5 Å². The highest BCUT2D eigenvalue weighted by Gasteiger charge is 2.42. The molecule has 33 heavy (non-hydrogen) atoms. The van der Waals surface area contributed by atoms with Gasteiger partial charge in [-0.3, -0.25) is 4.79 Å². The summed E-state index contributed by atoms with van der Waals surface area (Å²) in [5.41, 5.74) is -0.195. The van der Waals surface area contributed by atoms with Crippen molar-refractivity contribution < 1.29 is 31.1 Å². The SMILES string of the molecule is CS(=O)(=O)N[C@H]1CCCN(C(=O)C2CC2)[C@H]1CO[C@H]1CC[C@@H](c2c(F)ccc(F)c2F)CC1. The number of benzene rings is 1. The first-order valence-electron chi connectivity index (χ1n) is 11.7. The van der Waals surface area contributed by atoms with Gasteiger partial charge < -0.3 is 9.64 Å². The van der Waals surface area contributed by atoms with E-state index in [1.54, 1.807) is 4.90 Å². The molecule has 1 aliphatic heterocycles. The predicted octanol–water partition coefficient (Wildman–Crippen LogP) is 3.47. The van der Waals surface area contributed by atoms with E-state index in [-0.39, 0.29) is 30.1 Å². The van der Waals surface area contributed by atoms with Crippen molar-refractivity contribution in [1.29, 1.82) is 0 Å². The molecule has 3 aliphatic rings. The van der Waals surface area contributed by atoms with Gasteiger partial charge in [0.25, 0.3) is 0 Å². The van der Waals surface area contributed by atoms with E-state index in [1.165, 1.54) is 0 Å². The highest BCUT2D eigenvalue weighted by atomic mass is 32.2. The summed E-state index contributed by atoms with van der Waals surface area (Å²) in [5.74, 6) is -3.23. The van der Waals surface area contributed by atoms with Crippen LogP contribution < -0.4 is 4.72 Å². The Kier molecular flexibility index (Phi) is 7.35. The number of halogens is 3. The highest BCUT2D eigenvalue weighted by Crippen LogP contribution is 2.38. The Bertz CT molecular complexity index is 978. The summed E-state index contributed by atoms with van der Waals surface area (Å²) in [6.07, 6.45) is 6.04. The molecule has 0 bridgehead atoms. The molecule has 0 radical (unpaired) electrons. The lowest BCUT2D eigenvalue weighted by atomic mass is 9.82. The van der Waals surface area contributed by atoms with E-state index in [4.69, 9.17) is 4.74 Å². The second-order valence-electron chi connectivity index (χ2n) is 9.58. The summed E-state index contributed by atoms with van der Waals surface area (Å²) in [6, 6.07) is 0.948. The molecule has 1 heterocycles. The molecule has 1 aromatic rings. The van der Waals surface area contributed by atoms with E-state index < -0.39 is 45.5 Å². The maximum atomic E-state index is 14.2. The number of hydrogen-bond donors (Lipinski definition) is 1. The third-order valence-corrected chi connectivity index (χ3v) is 7.75. The van der Waals surface area contributed by atoms with E-state index in [1.807, 2.05) is 0 Å². The van der Waals surface area contributed by atoms with Gasteiger partial charge in [0.2, 0.25) is 15.9 Å². The quantitative estimate of drug-likeness (QED) is 0.597. The number of likely N-dealkylation sites (tertiary alicyclic amines) is 1. The predicted molar refractivity (Wildman–Crippen MR) is 116 cm³/mol. The van der Waals surface area contributed by atoms with Crippen LogP contribution in [-0.2, 0) is 19.6 Å². The average molecular weight is 489 g/mol. The number of sulfonamides is 1. The Morgan fingerprint density at radius 2 is 1.73 bits per heavy atom. The maximum Gasteiger partial charge on any atom is 0.226 e. The minimum atomic E-state index is -3.45. The molecule has 184 valence electrons. The number of hydrogen-bond acceptors (Lipinski definition) is 4. The molecule has 1 amide bonds. The Labute approximate surface area is 192 Å². The van der Waals surface area contributed by atoms with Gasteiger partial charge in [-0.15, -0.1) is 0 Å². The molecule has 2 atom stereocenters. The molecule has 2 aliphatic carbocycles. The zero-order valence-electron chi connectivity index (χ0n) is 18.7. The topological polar surface area (TPSA) is 75.7 Å². The summed E-state index contributed by atoms with van der Waals surface area (Å²) < 4.78 is 74.4. The van der Waals surface area contributed by atoms with Crippen molar-refractivity contribution in [3.63, 3.8) is 0 Å². The van der Waals surface area contributed by atoms with Crippen molar-refractivity contribution in [2.24, 2.45) is 5.92 Å². The van der Waals surface area contributed by atoms with Gasteiger partial charge in [0.05, 0.1) is 25.0 Å². The normalized spacial score (nSPS) is 28.7. The van der Waals surface area contributed by atoms with Crippen LogP contribution in [0.1, 0.15) is 62.8 Å². The van der Waals surface area contributed by atoms with Gasteiger partial charge >= 0.3 is 0 Å². The summed E-state index contributed by atoms with van der Waals surface area (Å²) in [4.78, 5) is 14.6. The molecule has 1 N–H and O–H groups in total. The lowest BCUT2D eigenvalue weighted by Crippen LogP contribution is -2.59. The van der Waals surface area contributed by atoms with Gasteiger partial charge in [-0.05, 0) is 69.4 Å². The fourth-order valence-electron chi connectivity index (χ4n) is 5.18. The Balaban J connectivity index is 1.39. The van der Waals surface area contributed by atoms with Gasteiger partial charge in [-0.25, -0.2) is 26.3 Å². The van der Waals surface area contributed by atoms with Crippen molar-refractivity contribution in [3.05, 3.63) is 35.1 Å². The summed E-state index contributed by atoms with van der Waals surface area (Å²) in [7, 11) is -3.45. The molecular weight excluding hydrogens is 457 g/mol. The lowest BCUT2D eigenvalue weighted by molar-refractivity contribution is -0.139. The van der Waals surface area contributed by atoms with Crippen LogP contribution >= 0.6 is 0 Å². The van der Waals surface area contributed by atoms with Gasteiger partial charge in [-0.2, -0.15) is 0 Å². The van der Waals surface area contributed by atoms with Gasteiger partial charge in [0.1, 0.15) is 5.82 Å². The summed E-state index contributed by atoms with van der Waals surface area (Å²) in [6.45, 7) is 0.778. The van der Waals surface area contributed by atoms with Crippen molar-refractivity contribution in [1.82, 2.24) is 9.62 Å². The molecule has 0 unspecified atom stereocenters. The Hall–Kier alpha value is -1.65. The molecule has 1 saturated heterocycles. The van der Waals surface area contributed by atoms with Gasteiger partial charge in [-0.1, -0.05) is 0 Å². The van der Waals surface area contributed by atoms with Crippen LogP contribution in [0.15, 0.2) is 12.1 Å². The van der Waals surface area contributed by atoms with E-state index in [2.05, 4.69) is 4.72 Å². The van der Waals surface area contributed by atoms with E-state index >= 15 is 0 Å². The smallest absolute Gasteiger partial charge is 0.226 e. The molecule has 0 spiro atoms. The Morgan fingerprint density at radius 3 is 2.36 bits per heavy atom. The highest BCUT2D eigenvalue weighted by molar-refractivity contribution is 7.88. The third kappa shape index (κ3) is 5.89. The number of carbonyl (C=O) groups excluding carboxylic acids is 1. The molecule has 1 aromatic carbocycles. The molecule has 3 fully saturated rings. The van der Waals surface area contributed by atoms with E-state index in [9.17, 15) is 26.4 Å². The number of piperidine rings is 1. The summed E-state index contributed by atoms with van der Waals surface area (Å²) >= 11 is 0. The fraction of sp³-hybridized carbons (Fsp3) is 0.696. The van der Waals surface area contributed by atoms with Crippen LogP contribution in [0.2, 0.25) is 0 Å². The number of carbonyl (C=O) groups is 1. The first kappa shape index (κ1) is 24.5. The number of nitrogens with one attached hydrogen (secondary N) is 1. The second kappa shape index (κ2) is 9.92. The van der Waals surface area contributed by atoms with Crippen LogP contribution in [-0.4, -0.2) is 56.8 Å². The third-order valence-electron chi connectivity index (χ3n) is 7.02. The standard InChI is InChI=1S/C23H31F3N2O4S/c1-33(30,31)27-19-3-2-12-28(23(29)15-4-5-15)20(19)13-32-16-8-6-14(7-9-16)21-17(24)10-11-18(25)22(21)26/h10-11,14-16,19-20,27H,2-9,12-13H2,1H3/t14-,16+,19-,20-/m0/s1. The van der Waals surface area contributed by atoms with Crippen LogP contribution in [0, 0.1) is 23.4 Å². The van der Waals surface area contributed by atoms with E-state index in [0.717, 1.165) is 37.7 Å². The number of amides is 1. The first-order valence-corrected chi connectivity index (χ1v) is 13.6. The second-order valence-corrected chi connectivity index (χ2v) is 11.4. The molecule has 0 aromatic heterocycles. The maximum absolute atomic E-state index is 14.2. The summed E-state index contributed by atoms with van der Waals surface area (Å²) in [5, 5.41) is 0. The number of ether oxygens (including phenoxy) is 1. The number of rotatable bonds is 7. The minimum absolute atomic E-state index is 0.0241. The molecular formula is C23H31F3N2O4S. The van der Waals surface area contributed by atoms with Crippen molar-refractivity contribution in [2.75, 3.05) is 19.4 Å². The zero-order chi connectivity index (χ0) is 23.8. The van der Waals surface area contributed by atoms with Crippen LogP contribution in [0.3, 0.4) is 0 Å². The Morgan fingerprint density at radius 1 is 1.06 bits per heavy atom. The molecule has 2 saturated carbocycles. The van der Waals surface area contributed by atoms with Crippen LogP contribution in [0.4, 0.5) is 13.2 Å². The monoisotopic (exact) mass is 488 g/mol. The van der Waals surface area contributed by atoms with Crippen LogP contribution in [0.5, 0.6) is 0 Å². The van der Waals surface area contributed by atoms with E-state index in [0.29, 0.717) is 38.6 Å². The molecule has 10 heteroatoms. The number of nitrogens with zero attached hydrogens (tertiary/aromatic N) is 1. The lowest BCUT2D eigenvalue weighted by Gasteiger charge is -2.42. The first-order chi connectivity index (χ1) is 15.6. The van der Waals surface area contributed by atoms with Gasteiger partial charge in [0, 0.05) is 24.1 Å². The molecule has 4 rings (SSSR count). The fourth-order valence-corrected chi connectivity index (χ4v) is 6.01. The zero-order valence-corrected chi connectivity index (χ0v) is 19.6. The van der Waals surface area contributed by atoms with Crippen LogP contribution in [0.25, 0.3) is 0 Å². The minimum Gasteiger partial charge on any atom is -0.376 e. The van der Waals surface area contributed by atoms with Crippen molar-refractivity contribution in [3.8, 4) is 0 Å². The largest absolute Gasteiger partial charge is 0.376 e.